The zero-order valence-corrected chi connectivity index (χ0v) is 11.7. The highest BCUT2D eigenvalue weighted by Gasteiger charge is 2.24. The van der Waals surface area contributed by atoms with Crippen LogP contribution in [0.2, 0.25) is 0 Å². The summed E-state index contributed by atoms with van der Waals surface area (Å²) in [7, 11) is 0. The van der Waals surface area contributed by atoms with E-state index in [2.05, 4.69) is 16.8 Å². The van der Waals surface area contributed by atoms with Gasteiger partial charge in [-0.2, -0.15) is 0 Å². The number of nitrogens with two attached hydrogens (primary N) is 1. The van der Waals surface area contributed by atoms with E-state index in [0.717, 1.165) is 24.1 Å². The van der Waals surface area contributed by atoms with Crippen molar-refractivity contribution in [2.24, 2.45) is 5.73 Å². The van der Waals surface area contributed by atoms with Crippen LogP contribution in [0.1, 0.15) is 35.4 Å². The summed E-state index contributed by atoms with van der Waals surface area (Å²) in [5, 5.41) is 5.14. The molecule has 3 rings (SSSR count). The van der Waals surface area contributed by atoms with Gasteiger partial charge in [0.1, 0.15) is 0 Å². The second kappa shape index (κ2) is 4.99. The van der Waals surface area contributed by atoms with Crippen molar-refractivity contribution >= 4 is 38.0 Å². The van der Waals surface area contributed by atoms with Gasteiger partial charge in [-0.3, -0.25) is 4.79 Å². The molecule has 0 aromatic carbocycles. The molecule has 0 bridgehead atoms. The lowest BCUT2D eigenvalue weighted by atomic mass is 9.91. The molecule has 2 aromatic rings. The van der Waals surface area contributed by atoms with E-state index >= 15 is 0 Å². The van der Waals surface area contributed by atoms with Crippen molar-refractivity contribution in [3.63, 3.8) is 0 Å². The van der Waals surface area contributed by atoms with Crippen molar-refractivity contribution in [1.82, 2.24) is 5.32 Å². The quantitative estimate of drug-likeness (QED) is 0.888. The molecule has 0 radical (unpaired) electrons. The smallest absolute Gasteiger partial charge is 0.261 e. The molecule has 96 valence electrons. The van der Waals surface area contributed by atoms with E-state index < -0.39 is 0 Å². The van der Waals surface area contributed by atoms with Gasteiger partial charge in [0.15, 0.2) is 0 Å². The third-order valence-corrected chi connectivity index (χ3v) is 5.59. The summed E-state index contributed by atoms with van der Waals surface area (Å²) in [5.41, 5.74) is 6.05. The summed E-state index contributed by atoms with van der Waals surface area (Å²) in [4.78, 5) is 13.0. The maximum atomic E-state index is 12.2. The molecule has 2 atom stereocenters. The van der Waals surface area contributed by atoms with Crippen LogP contribution in [-0.2, 0) is 0 Å². The molecular formula is C13H16N2OS2. The van der Waals surface area contributed by atoms with Crippen LogP contribution < -0.4 is 11.1 Å². The fourth-order valence-corrected chi connectivity index (χ4v) is 4.47. The second-order valence-electron chi connectivity index (χ2n) is 4.79. The van der Waals surface area contributed by atoms with Crippen molar-refractivity contribution < 1.29 is 4.79 Å². The Morgan fingerprint density at radius 1 is 1.33 bits per heavy atom. The Balaban J connectivity index is 1.72. The van der Waals surface area contributed by atoms with E-state index in [9.17, 15) is 4.79 Å². The average Bonchev–Trinajstić information content (AvgIpc) is 2.92. The van der Waals surface area contributed by atoms with Crippen LogP contribution in [-0.4, -0.2) is 18.0 Å². The lowest BCUT2D eigenvalue weighted by molar-refractivity contribution is 0.0925. The van der Waals surface area contributed by atoms with Crippen LogP contribution in [0.4, 0.5) is 0 Å². The van der Waals surface area contributed by atoms with E-state index in [1.165, 1.54) is 15.8 Å². The molecule has 0 spiro atoms. The molecule has 3 nitrogen and oxygen atoms in total. The molecule has 0 aliphatic heterocycles. The minimum atomic E-state index is 0.0331. The lowest BCUT2D eigenvalue weighted by Gasteiger charge is -2.29. The molecule has 3 N–H and O–H groups in total. The van der Waals surface area contributed by atoms with Gasteiger partial charge in [0.05, 0.1) is 4.88 Å². The maximum Gasteiger partial charge on any atom is 0.261 e. The van der Waals surface area contributed by atoms with Gasteiger partial charge in [0.25, 0.3) is 5.91 Å². The van der Waals surface area contributed by atoms with Crippen molar-refractivity contribution in [2.75, 3.05) is 0 Å². The normalized spacial score (nSPS) is 24.3. The molecule has 1 aliphatic rings. The SMILES string of the molecule is N[C@@H]1CCCC[C@H]1NC(=O)c1cc2sccc2s1. The lowest BCUT2D eigenvalue weighted by Crippen LogP contribution is -2.49. The van der Waals surface area contributed by atoms with Crippen LogP contribution >= 0.6 is 22.7 Å². The first-order valence-electron chi connectivity index (χ1n) is 6.27. The average molecular weight is 280 g/mol. The first-order chi connectivity index (χ1) is 8.74. The Morgan fingerprint density at radius 2 is 2.17 bits per heavy atom. The van der Waals surface area contributed by atoms with Gasteiger partial charge in [-0.15, -0.1) is 22.7 Å². The first kappa shape index (κ1) is 12.1. The highest BCUT2D eigenvalue weighted by atomic mass is 32.1. The molecule has 1 aliphatic carbocycles. The molecule has 0 saturated heterocycles. The van der Waals surface area contributed by atoms with Gasteiger partial charge >= 0.3 is 0 Å². The molecule has 5 heteroatoms. The van der Waals surface area contributed by atoms with Gasteiger partial charge in [-0.05, 0) is 30.4 Å². The van der Waals surface area contributed by atoms with E-state index in [0.29, 0.717) is 0 Å². The summed E-state index contributed by atoms with van der Waals surface area (Å²) < 4.78 is 2.39. The predicted octanol–water partition coefficient (Wildman–Crippen LogP) is 2.96. The molecule has 1 saturated carbocycles. The fourth-order valence-electron chi connectivity index (χ4n) is 2.46. The van der Waals surface area contributed by atoms with Crippen molar-refractivity contribution in [1.29, 1.82) is 0 Å². The number of hydrogen-bond donors (Lipinski definition) is 2. The monoisotopic (exact) mass is 280 g/mol. The van der Waals surface area contributed by atoms with Crippen molar-refractivity contribution in [3.8, 4) is 0 Å². The Kier molecular flexibility index (Phi) is 3.37. The number of nitrogens with one attached hydrogen (secondary N) is 1. The van der Waals surface area contributed by atoms with E-state index in [1.54, 1.807) is 22.7 Å². The van der Waals surface area contributed by atoms with Crippen LogP contribution in [0.3, 0.4) is 0 Å². The van der Waals surface area contributed by atoms with Gasteiger partial charge in [-0.25, -0.2) is 0 Å². The summed E-state index contributed by atoms with van der Waals surface area (Å²) in [5.74, 6) is 0.0331. The highest BCUT2D eigenvalue weighted by molar-refractivity contribution is 7.27. The van der Waals surface area contributed by atoms with Gasteiger partial charge in [0, 0.05) is 21.5 Å². The number of amides is 1. The third-order valence-electron chi connectivity index (χ3n) is 3.50. The van der Waals surface area contributed by atoms with Crippen LogP contribution in [0.25, 0.3) is 9.40 Å². The molecule has 2 heterocycles. The summed E-state index contributed by atoms with van der Waals surface area (Å²) in [6.07, 6.45) is 4.37. The minimum Gasteiger partial charge on any atom is -0.347 e. The summed E-state index contributed by atoms with van der Waals surface area (Å²) >= 11 is 3.24. The number of rotatable bonds is 2. The zero-order valence-electron chi connectivity index (χ0n) is 10.0. The molecular weight excluding hydrogens is 264 g/mol. The number of thiophene rings is 2. The number of hydrogen-bond acceptors (Lipinski definition) is 4. The van der Waals surface area contributed by atoms with Gasteiger partial charge < -0.3 is 11.1 Å². The standard InChI is InChI=1S/C13H16N2OS2/c14-8-3-1-2-4-9(8)15-13(16)12-7-11-10(18-12)5-6-17-11/h5-9H,1-4,14H2,(H,15,16)/t8-,9-/m1/s1. The molecule has 1 fully saturated rings. The maximum absolute atomic E-state index is 12.2. The Hall–Kier alpha value is -0.910. The molecule has 2 aromatic heterocycles. The highest BCUT2D eigenvalue weighted by Crippen LogP contribution is 2.30. The van der Waals surface area contributed by atoms with Crippen LogP contribution in [0, 0.1) is 0 Å². The second-order valence-corrected chi connectivity index (χ2v) is 6.82. The van der Waals surface area contributed by atoms with Gasteiger partial charge in [0.2, 0.25) is 0 Å². The van der Waals surface area contributed by atoms with E-state index in [4.69, 9.17) is 5.73 Å². The Morgan fingerprint density at radius 3 is 2.94 bits per heavy atom. The van der Waals surface area contributed by atoms with E-state index in [1.807, 2.05) is 6.07 Å². The van der Waals surface area contributed by atoms with Crippen LogP contribution in [0.5, 0.6) is 0 Å². The summed E-state index contributed by atoms with van der Waals surface area (Å²) in [6, 6.07) is 4.30. The summed E-state index contributed by atoms with van der Waals surface area (Å²) in [6.45, 7) is 0. The third kappa shape index (κ3) is 2.30. The van der Waals surface area contributed by atoms with Crippen molar-refractivity contribution in [2.45, 2.75) is 37.8 Å². The largest absolute Gasteiger partial charge is 0.347 e. The molecule has 1 amide bonds. The van der Waals surface area contributed by atoms with Gasteiger partial charge in [-0.1, -0.05) is 12.8 Å². The molecule has 0 unspecified atom stereocenters. The minimum absolute atomic E-state index is 0.0331. The first-order valence-corrected chi connectivity index (χ1v) is 7.97. The Bertz CT molecular complexity index is 532. The predicted molar refractivity (Wildman–Crippen MR) is 77.4 cm³/mol. The Labute approximate surface area is 114 Å². The zero-order chi connectivity index (χ0) is 12.5. The van der Waals surface area contributed by atoms with Crippen LogP contribution in [0.15, 0.2) is 17.5 Å². The fraction of sp³-hybridized carbons (Fsp3) is 0.462. The number of carbonyl (C=O) groups excluding carboxylic acids is 1. The number of fused-ring (bicyclic) bond motifs is 1. The topological polar surface area (TPSA) is 55.1 Å². The molecule has 18 heavy (non-hydrogen) atoms. The number of carbonyl (C=O) groups is 1. The van der Waals surface area contributed by atoms with E-state index in [-0.39, 0.29) is 18.0 Å². The van der Waals surface area contributed by atoms with Crippen molar-refractivity contribution in [3.05, 3.63) is 22.4 Å².